The molecule has 0 amide bonds. The Morgan fingerprint density at radius 2 is 0.965 bits per heavy atom. The number of rotatable bonds is 7. The lowest BCUT2D eigenvalue weighted by atomic mass is 9.67. The SMILES string of the molecule is [2H]c1c([2H])c(N(c2ccc3c(c2)C(c2ccccc2)(c2ccccc2)c2ccccc2-3)c2cccc3c2sc2ccccc23)c([2H])c([2H])c1-c1ccc(-c2ccccc2)cc1. The summed E-state index contributed by atoms with van der Waals surface area (Å²) in [6, 6.07) is 68.4. The van der Waals surface area contributed by atoms with Crippen molar-refractivity contribution >= 4 is 48.6 Å². The average Bonchev–Trinajstić information content (AvgIpc) is 3.85. The maximum atomic E-state index is 9.82. The van der Waals surface area contributed by atoms with Crippen LogP contribution in [0.2, 0.25) is 0 Å². The Bertz CT molecular complexity index is 3220. The van der Waals surface area contributed by atoms with Crippen LogP contribution in [0, 0.1) is 0 Å². The van der Waals surface area contributed by atoms with Crippen molar-refractivity contribution in [2.75, 3.05) is 4.90 Å². The number of benzene rings is 9. The van der Waals surface area contributed by atoms with Gasteiger partial charge in [-0.3, -0.25) is 0 Å². The normalized spacial score (nSPS) is 13.7. The van der Waals surface area contributed by atoms with Gasteiger partial charge in [0.1, 0.15) is 0 Å². The molecule has 1 aromatic heterocycles. The third-order valence-electron chi connectivity index (χ3n) is 11.4. The summed E-state index contributed by atoms with van der Waals surface area (Å²) in [5.74, 6) is 0. The number of anilines is 3. The van der Waals surface area contributed by atoms with Crippen molar-refractivity contribution in [3.63, 3.8) is 0 Å². The molecule has 1 aliphatic rings. The topological polar surface area (TPSA) is 3.24 Å². The monoisotopic (exact) mass is 747 g/mol. The molecule has 0 bridgehead atoms. The Kier molecular flexibility index (Phi) is 7.01. The number of hydrogen-bond acceptors (Lipinski definition) is 2. The fourth-order valence-electron chi connectivity index (χ4n) is 8.89. The van der Waals surface area contributed by atoms with Gasteiger partial charge in [-0.1, -0.05) is 188 Å². The molecule has 0 spiro atoms. The molecule has 0 radical (unpaired) electrons. The third-order valence-corrected chi connectivity index (χ3v) is 12.6. The van der Waals surface area contributed by atoms with Crippen LogP contribution in [0.3, 0.4) is 0 Å². The van der Waals surface area contributed by atoms with E-state index in [-0.39, 0.29) is 35.4 Å². The van der Waals surface area contributed by atoms with Crippen LogP contribution in [0.15, 0.2) is 224 Å². The van der Waals surface area contributed by atoms with Gasteiger partial charge in [-0.2, -0.15) is 0 Å². The maximum absolute atomic E-state index is 9.82. The molecule has 0 atom stereocenters. The molecule has 1 heterocycles. The van der Waals surface area contributed by atoms with Crippen LogP contribution >= 0.6 is 11.3 Å². The first-order valence-electron chi connectivity index (χ1n) is 21.3. The van der Waals surface area contributed by atoms with Gasteiger partial charge in [0.15, 0.2) is 0 Å². The van der Waals surface area contributed by atoms with E-state index in [1.807, 2.05) is 77.7 Å². The first-order valence-corrected chi connectivity index (χ1v) is 20.1. The van der Waals surface area contributed by atoms with Crippen LogP contribution in [-0.4, -0.2) is 0 Å². The van der Waals surface area contributed by atoms with Crippen molar-refractivity contribution in [3.8, 4) is 33.4 Å². The standard InChI is InChI=1S/C55H37NS/c1-4-15-38(16-5-1)39-27-29-40(30-28-39)41-31-33-44(34-32-41)56(52-25-14-23-49-48-22-11-13-26-53(48)57-54(49)52)45-35-36-47-46-21-10-12-24-50(46)55(51(47)37-45,42-17-6-2-7-18-42)43-19-8-3-9-20-43/h1-37H/i31D,32D,33D,34D. The second-order valence-electron chi connectivity index (χ2n) is 14.5. The lowest BCUT2D eigenvalue weighted by Gasteiger charge is -2.35. The van der Waals surface area contributed by atoms with Gasteiger partial charge in [0, 0.05) is 26.8 Å². The van der Waals surface area contributed by atoms with Crippen LogP contribution in [0.25, 0.3) is 53.6 Å². The largest absolute Gasteiger partial charge is 0.309 e. The molecule has 2 heteroatoms. The summed E-state index contributed by atoms with van der Waals surface area (Å²) < 4.78 is 40.9. The Balaban J connectivity index is 1.18. The minimum absolute atomic E-state index is 0.0894. The molecule has 1 nitrogen and oxygen atoms in total. The molecule has 0 unspecified atom stereocenters. The molecular weight excluding hydrogens is 707 g/mol. The van der Waals surface area contributed by atoms with Crippen LogP contribution in [-0.2, 0) is 5.41 Å². The molecule has 0 aliphatic heterocycles. The zero-order valence-corrected chi connectivity index (χ0v) is 31.7. The zero-order chi connectivity index (χ0) is 41.2. The number of nitrogens with zero attached hydrogens (tertiary/aromatic N) is 1. The fourth-order valence-corrected chi connectivity index (χ4v) is 10.1. The second kappa shape index (κ2) is 13.6. The molecule has 0 N–H and O–H groups in total. The highest BCUT2D eigenvalue weighted by Crippen LogP contribution is 2.57. The van der Waals surface area contributed by atoms with Gasteiger partial charge in [-0.15, -0.1) is 11.3 Å². The predicted molar refractivity (Wildman–Crippen MR) is 242 cm³/mol. The summed E-state index contributed by atoms with van der Waals surface area (Å²) in [5.41, 5.74) is 10.8. The highest BCUT2D eigenvalue weighted by molar-refractivity contribution is 7.26. The van der Waals surface area contributed by atoms with Crippen molar-refractivity contribution in [1.82, 2.24) is 0 Å². The summed E-state index contributed by atoms with van der Waals surface area (Å²) in [6.07, 6.45) is 0. The summed E-state index contributed by atoms with van der Waals surface area (Å²) in [5, 5.41) is 2.21. The van der Waals surface area contributed by atoms with Crippen LogP contribution in [0.5, 0.6) is 0 Å². The molecule has 11 rings (SSSR count). The van der Waals surface area contributed by atoms with Crippen molar-refractivity contribution in [2.24, 2.45) is 0 Å². The molecule has 268 valence electrons. The summed E-state index contributed by atoms with van der Waals surface area (Å²) in [7, 11) is 0. The van der Waals surface area contributed by atoms with E-state index in [1.165, 1.54) is 5.56 Å². The van der Waals surface area contributed by atoms with E-state index < -0.39 is 5.41 Å². The maximum Gasteiger partial charge on any atom is 0.0714 e. The van der Waals surface area contributed by atoms with Gasteiger partial charge in [-0.25, -0.2) is 0 Å². The van der Waals surface area contributed by atoms with Gasteiger partial charge in [0.25, 0.3) is 0 Å². The molecule has 1 aliphatic carbocycles. The van der Waals surface area contributed by atoms with E-state index in [1.54, 1.807) is 11.3 Å². The Morgan fingerprint density at radius 3 is 1.68 bits per heavy atom. The Morgan fingerprint density at radius 1 is 0.404 bits per heavy atom. The van der Waals surface area contributed by atoms with E-state index >= 15 is 0 Å². The first kappa shape index (κ1) is 29.3. The molecular formula is C55H37NS. The van der Waals surface area contributed by atoms with Gasteiger partial charge >= 0.3 is 0 Å². The molecule has 0 saturated heterocycles. The van der Waals surface area contributed by atoms with Crippen molar-refractivity contribution in [2.45, 2.75) is 5.41 Å². The molecule has 57 heavy (non-hydrogen) atoms. The van der Waals surface area contributed by atoms with Crippen molar-refractivity contribution in [1.29, 1.82) is 0 Å². The zero-order valence-electron chi connectivity index (χ0n) is 34.9. The minimum Gasteiger partial charge on any atom is -0.309 e. The number of thiophene rings is 1. The molecule has 10 aromatic rings. The van der Waals surface area contributed by atoms with E-state index in [0.29, 0.717) is 5.56 Å². The van der Waals surface area contributed by atoms with Crippen molar-refractivity contribution in [3.05, 3.63) is 247 Å². The summed E-state index contributed by atoms with van der Waals surface area (Å²) in [4.78, 5) is 1.98. The predicted octanol–water partition coefficient (Wildman–Crippen LogP) is 15.2. The fraction of sp³-hybridized carbons (Fsp3) is 0.0182. The van der Waals surface area contributed by atoms with Gasteiger partial charge in [0.05, 0.1) is 21.3 Å². The van der Waals surface area contributed by atoms with Gasteiger partial charge in [-0.05, 0) is 92.0 Å². The number of hydrogen-bond donors (Lipinski definition) is 0. The second-order valence-corrected chi connectivity index (χ2v) is 15.6. The minimum atomic E-state index is -0.676. The first-order chi connectivity index (χ1) is 29.9. The number of fused-ring (bicyclic) bond motifs is 6. The lowest BCUT2D eigenvalue weighted by molar-refractivity contribution is 0.768. The lowest BCUT2D eigenvalue weighted by Crippen LogP contribution is -2.28. The van der Waals surface area contributed by atoms with Gasteiger partial charge in [0.2, 0.25) is 0 Å². The van der Waals surface area contributed by atoms with Crippen LogP contribution < -0.4 is 4.90 Å². The quantitative estimate of drug-likeness (QED) is 0.157. The van der Waals surface area contributed by atoms with E-state index in [2.05, 4.69) is 127 Å². The molecule has 0 saturated carbocycles. The summed E-state index contributed by atoms with van der Waals surface area (Å²) in [6.45, 7) is 0. The van der Waals surface area contributed by atoms with Crippen LogP contribution in [0.1, 0.15) is 27.7 Å². The van der Waals surface area contributed by atoms with E-state index in [0.717, 1.165) is 70.5 Å². The average molecular weight is 748 g/mol. The van der Waals surface area contributed by atoms with Gasteiger partial charge < -0.3 is 4.90 Å². The third kappa shape index (κ3) is 5.37. The highest BCUT2D eigenvalue weighted by atomic mass is 32.1. The molecule has 9 aromatic carbocycles. The molecule has 0 fully saturated rings. The van der Waals surface area contributed by atoms with Crippen molar-refractivity contribution < 1.29 is 5.48 Å². The van der Waals surface area contributed by atoms with E-state index in [9.17, 15) is 5.48 Å². The highest BCUT2D eigenvalue weighted by Gasteiger charge is 2.46. The summed E-state index contributed by atoms with van der Waals surface area (Å²) >= 11 is 1.68. The Hall–Kier alpha value is -7.00. The smallest absolute Gasteiger partial charge is 0.0714 e. The Labute approximate surface area is 343 Å². The van der Waals surface area contributed by atoms with E-state index in [4.69, 9.17) is 0 Å². The van der Waals surface area contributed by atoms with Crippen LogP contribution in [0.4, 0.5) is 17.1 Å².